The van der Waals surface area contributed by atoms with E-state index in [4.69, 9.17) is 0 Å². The second kappa shape index (κ2) is 8.18. The van der Waals surface area contributed by atoms with Crippen LogP contribution in [0.3, 0.4) is 0 Å². The zero-order valence-corrected chi connectivity index (χ0v) is 23.8. The van der Waals surface area contributed by atoms with Gasteiger partial charge in [-0.15, -0.1) is 0 Å². The molecule has 0 aromatic carbocycles. The van der Waals surface area contributed by atoms with Crippen molar-refractivity contribution >= 4 is 11.7 Å². The molecular weight excluding hydrogens is 462 g/mol. The second-order valence-corrected chi connectivity index (χ2v) is 14.0. The zero-order valence-electron chi connectivity index (χ0n) is 23.8. The van der Waals surface area contributed by atoms with Crippen molar-refractivity contribution in [3.05, 3.63) is 46.3 Å². The highest BCUT2D eigenvalue weighted by Gasteiger charge is 2.67. The van der Waals surface area contributed by atoms with Gasteiger partial charge in [0.1, 0.15) is 6.23 Å². The van der Waals surface area contributed by atoms with E-state index in [1.54, 1.807) is 6.08 Å². The summed E-state index contributed by atoms with van der Waals surface area (Å²) in [6, 6.07) is 0. The Morgan fingerprint density at radius 1 is 1.05 bits per heavy atom. The van der Waals surface area contributed by atoms with Crippen LogP contribution >= 0.6 is 0 Å². The molecule has 0 radical (unpaired) electrons. The van der Waals surface area contributed by atoms with Crippen LogP contribution < -0.4 is 5.32 Å². The fraction of sp³-hybridized carbons (Fsp3) is 0.688. The largest absolute Gasteiger partial charge is 0.504 e. The minimum atomic E-state index is -0.794. The number of carbonyl (C=O) groups is 2. The summed E-state index contributed by atoms with van der Waals surface area (Å²) in [5.41, 5.74) is 3.53. The quantitative estimate of drug-likeness (QED) is 0.383. The zero-order chi connectivity index (χ0) is 27.2. The van der Waals surface area contributed by atoms with Gasteiger partial charge in [0, 0.05) is 16.4 Å². The lowest BCUT2D eigenvalue weighted by Crippen LogP contribution is -2.62. The molecule has 5 heteroatoms. The highest BCUT2D eigenvalue weighted by atomic mass is 16.3. The summed E-state index contributed by atoms with van der Waals surface area (Å²) in [6.45, 7) is 15.5. The molecular formula is C32H45NO4. The molecule has 7 atom stereocenters. The number of hydrogen-bond donors (Lipinski definition) is 3. The lowest BCUT2D eigenvalue weighted by Gasteiger charge is -2.70. The highest BCUT2D eigenvalue weighted by Crippen LogP contribution is 2.75. The summed E-state index contributed by atoms with van der Waals surface area (Å²) in [6.07, 6.45) is 12.7. The third kappa shape index (κ3) is 3.45. The summed E-state index contributed by atoms with van der Waals surface area (Å²) in [5, 5.41) is 23.4. The number of aliphatic hydroxyl groups is 2. The first-order chi connectivity index (χ1) is 17.2. The topological polar surface area (TPSA) is 86.6 Å². The maximum atomic E-state index is 13.4. The number of aliphatic hydroxyl groups excluding tert-OH is 2. The van der Waals surface area contributed by atoms with Gasteiger partial charge in [-0.2, -0.15) is 0 Å². The molecule has 0 aliphatic heterocycles. The predicted molar refractivity (Wildman–Crippen MR) is 145 cm³/mol. The maximum absolute atomic E-state index is 13.4. The van der Waals surface area contributed by atoms with Crippen LogP contribution in [-0.4, -0.2) is 28.1 Å². The smallest absolute Gasteiger partial charge is 0.227 e. The fourth-order valence-corrected chi connectivity index (χ4v) is 9.09. The Morgan fingerprint density at radius 3 is 2.41 bits per heavy atom. The Morgan fingerprint density at radius 2 is 1.73 bits per heavy atom. The van der Waals surface area contributed by atoms with Gasteiger partial charge in [-0.05, 0) is 97.7 Å². The molecule has 3 saturated carbocycles. The first-order valence-corrected chi connectivity index (χ1v) is 14.2. The first kappa shape index (κ1) is 26.5. The van der Waals surface area contributed by atoms with E-state index in [1.165, 1.54) is 5.57 Å². The van der Waals surface area contributed by atoms with Crippen LogP contribution in [0, 0.1) is 33.0 Å². The van der Waals surface area contributed by atoms with E-state index in [-0.39, 0.29) is 39.1 Å². The minimum Gasteiger partial charge on any atom is -0.504 e. The third-order valence-corrected chi connectivity index (χ3v) is 12.1. The molecule has 1 amide bonds. The van der Waals surface area contributed by atoms with Crippen LogP contribution in [0.1, 0.15) is 99.8 Å². The third-order valence-electron chi connectivity index (χ3n) is 12.1. The molecule has 1 unspecified atom stereocenters. The van der Waals surface area contributed by atoms with Crippen molar-refractivity contribution in [2.45, 2.75) is 106 Å². The van der Waals surface area contributed by atoms with E-state index in [0.29, 0.717) is 17.9 Å². The standard InChI is InChI=1S/C32H45NO4/c1-8-25(35)33-27(37)29(4)12-11-28(3)13-15-31(6)23-10-9-20-19(2)26(36)22(34)17-21(20)30(23,5)14-16-32(31,7)24(28)18-29/h9-10,17,24-25,35-36H,8,11-16,18H2,1-7H3,(H,33,37)/t24-,25?,28-,29-,30+,31-,32+/m1/s1. The maximum Gasteiger partial charge on any atom is 0.227 e. The number of nitrogens with one attached hydrogen (secondary N) is 1. The van der Waals surface area contributed by atoms with Gasteiger partial charge in [-0.25, -0.2) is 0 Å². The Labute approximate surface area is 222 Å². The Hall–Kier alpha value is -2.14. The molecule has 0 heterocycles. The van der Waals surface area contributed by atoms with E-state index in [0.717, 1.165) is 56.1 Å². The molecule has 5 aliphatic carbocycles. The van der Waals surface area contributed by atoms with Crippen molar-refractivity contribution in [1.29, 1.82) is 0 Å². The summed E-state index contributed by atoms with van der Waals surface area (Å²) >= 11 is 0. The number of carbonyl (C=O) groups excluding carboxylic acids is 2. The molecule has 0 spiro atoms. The van der Waals surface area contributed by atoms with Crippen molar-refractivity contribution in [3.8, 4) is 0 Å². The fourth-order valence-electron chi connectivity index (χ4n) is 9.09. The number of fused-ring (bicyclic) bond motifs is 7. The number of allylic oxidation sites excluding steroid dienone is 7. The number of amides is 1. The minimum absolute atomic E-state index is 0.00821. The molecule has 3 fully saturated rings. The summed E-state index contributed by atoms with van der Waals surface area (Å²) in [5.74, 6) is -0.0582. The highest BCUT2D eigenvalue weighted by molar-refractivity contribution is 6.06. The van der Waals surface area contributed by atoms with Gasteiger partial charge in [-0.3, -0.25) is 9.59 Å². The van der Waals surface area contributed by atoms with E-state index < -0.39 is 11.6 Å². The second-order valence-electron chi connectivity index (χ2n) is 14.0. The molecule has 0 bridgehead atoms. The normalized spacial score (nSPS) is 43.8. The molecule has 202 valence electrons. The molecule has 0 saturated heterocycles. The first-order valence-electron chi connectivity index (χ1n) is 14.2. The predicted octanol–water partition coefficient (Wildman–Crippen LogP) is 6.46. The van der Waals surface area contributed by atoms with Crippen LogP contribution in [-0.2, 0) is 9.59 Å². The van der Waals surface area contributed by atoms with Crippen LogP contribution in [0.2, 0.25) is 0 Å². The molecule has 3 N–H and O–H groups in total. The SMILES string of the molecule is CCC(O)NC(=O)[C@]1(C)CC[C@]2(C)CC[C@]3(C)C4=CC=C5C(=CC(=O)C(O)=C5C)[C@]4(C)CC[C@@]3(C)[C@@H]2C1. The van der Waals surface area contributed by atoms with E-state index in [2.05, 4.69) is 52.1 Å². The van der Waals surface area contributed by atoms with Gasteiger partial charge in [0.2, 0.25) is 11.7 Å². The lowest BCUT2D eigenvalue weighted by molar-refractivity contribution is -0.170. The van der Waals surface area contributed by atoms with Gasteiger partial charge < -0.3 is 15.5 Å². The molecule has 37 heavy (non-hydrogen) atoms. The van der Waals surface area contributed by atoms with E-state index in [9.17, 15) is 19.8 Å². The molecule has 5 aliphatic rings. The molecule has 0 aromatic rings. The Bertz CT molecular complexity index is 1190. The Kier molecular flexibility index (Phi) is 5.85. The number of hydrogen-bond acceptors (Lipinski definition) is 4. The average molecular weight is 508 g/mol. The van der Waals surface area contributed by atoms with Crippen molar-refractivity contribution in [2.24, 2.45) is 33.0 Å². The van der Waals surface area contributed by atoms with Gasteiger partial charge >= 0.3 is 0 Å². The van der Waals surface area contributed by atoms with Crippen molar-refractivity contribution in [3.63, 3.8) is 0 Å². The van der Waals surface area contributed by atoms with Crippen LogP contribution in [0.25, 0.3) is 0 Å². The molecule has 0 aromatic heterocycles. The number of rotatable bonds is 3. The Balaban J connectivity index is 1.56. The molecule has 5 rings (SSSR count). The van der Waals surface area contributed by atoms with Crippen LogP contribution in [0.5, 0.6) is 0 Å². The van der Waals surface area contributed by atoms with E-state index >= 15 is 0 Å². The number of ketones is 1. The van der Waals surface area contributed by atoms with Crippen molar-refractivity contribution < 1.29 is 19.8 Å². The monoisotopic (exact) mass is 507 g/mol. The van der Waals surface area contributed by atoms with Gasteiger partial charge in [0.05, 0.1) is 0 Å². The van der Waals surface area contributed by atoms with Gasteiger partial charge in [0.15, 0.2) is 5.76 Å². The van der Waals surface area contributed by atoms with Gasteiger partial charge in [0.25, 0.3) is 0 Å². The summed E-state index contributed by atoms with van der Waals surface area (Å²) < 4.78 is 0. The summed E-state index contributed by atoms with van der Waals surface area (Å²) in [7, 11) is 0. The van der Waals surface area contributed by atoms with Crippen molar-refractivity contribution in [2.75, 3.05) is 0 Å². The molecule has 5 nitrogen and oxygen atoms in total. The summed E-state index contributed by atoms with van der Waals surface area (Å²) in [4.78, 5) is 26.1. The van der Waals surface area contributed by atoms with Gasteiger partial charge in [-0.1, -0.05) is 59.3 Å². The van der Waals surface area contributed by atoms with Crippen LogP contribution in [0.15, 0.2) is 46.3 Å². The average Bonchev–Trinajstić information content (AvgIpc) is 2.85. The lowest BCUT2D eigenvalue weighted by atomic mass is 9.34. The van der Waals surface area contributed by atoms with Crippen molar-refractivity contribution in [1.82, 2.24) is 5.32 Å². The van der Waals surface area contributed by atoms with E-state index in [1.807, 2.05) is 13.8 Å². The van der Waals surface area contributed by atoms with Crippen LogP contribution in [0.4, 0.5) is 0 Å².